The Morgan fingerprint density at radius 1 is 1.25 bits per heavy atom. The zero-order chi connectivity index (χ0) is 16.8. The van der Waals surface area contributed by atoms with E-state index in [4.69, 9.17) is 0 Å². The number of rotatable bonds is 8. The average Bonchev–Trinajstić information content (AvgIpc) is 3.26. The number of aliphatic hydroxyl groups excluding tert-OH is 1. The van der Waals surface area contributed by atoms with Crippen LogP contribution in [0.25, 0.3) is 0 Å². The van der Waals surface area contributed by atoms with E-state index in [1.165, 1.54) is 41.1 Å². The third-order valence-electron chi connectivity index (χ3n) is 4.86. The van der Waals surface area contributed by atoms with Crippen molar-refractivity contribution in [1.82, 2.24) is 10.3 Å². The van der Waals surface area contributed by atoms with Crippen molar-refractivity contribution in [2.75, 3.05) is 6.54 Å². The number of hydrogen-bond acceptors (Lipinski definition) is 4. The minimum absolute atomic E-state index is 0.283. The van der Waals surface area contributed by atoms with Gasteiger partial charge in [-0.2, -0.15) is 0 Å². The van der Waals surface area contributed by atoms with Gasteiger partial charge in [0.15, 0.2) is 0 Å². The van der Waals surface area contributed by atoms with Gasteiger partial charge in [-0.15, -0.1) is 11.3 Å². The van der Waals surface area contributed by atoms with Crippen LogP contribution in [0.4, 0.5) is 0 Å². The van der Waals surface area contributed by atoms with E-state index in [0.717, 1.165) is 19.5 Å². The lowest BCUT2D eigenvalue weighted by Crippen LogP contribution is -2.23. The highest BCUT2D eigenvalue weighted by molar-refractivity contribution is 7.11. The van der Waals surface area contributed by atoms with Gasteiger partial charge in [0.05, 0.1) is 11.1 Å². The second-order valence-electron chi connectivity index (χ2n) is 6.97. The normalized spacial score (nSPS) is 17.9. The van der Waals surface area contributed by atoms with Crippen LogP contribution in [0.3, 0.4) is 0 Å². The van der Waals surface area contributed by atoms with Gasteiger partial charge in [-0.1, -0.05) is 43.2 Å². The van der Waals surface area contributed by atoms with Crippen molar-refractivity contribution in [2.24, 2.45) is 0 Å². The number of hydrogen-bond donors (Lipinski definition) is 2. The SMILES string of the molecule is CC(O)CC(CNCc1cnc(C2CCCC2)s1)c1ccccc1. The largest absolute Gasteiger partial charge is 0.393 e. The third-order valence-corrected chi connectivity index (χ3v) is 6.02. The zero-order valence-electron chi connectivity index (χ0n) is 14.4. The van der Waals surface area contributed by atoms with E-state index in [1.54, 1.807) is 0 Å². The highest BCUT2D eigenvalue weighted by Crippen LogP contribution is 2.36. The van der Waals surface area contributed by atoms with Gasteiger partial charge in [0, 0.05) is 30.1 Å². The molecule has 0 spiro atoms. The van der Waals surface area contributed by atoms with Crippen molar-refractivity contribution in [2.45, 2.75) is 63.5 Å². The molecule has 0 aliphatic heterocycles. The summed E-state index contributed by atoms with van der Waals surface area (Å²) in [5, 5.41) is 14.7. The van der Waals surface area contributed by atoms with Gasteiger partial charge >= 0.3 is 0 Å². The molecule has 2 atom stereocenters. The van der Waals surface area contributed by atoms with Crippen molar-refractivity contribution >= 4 is 11.3 Å². The van der Waals surface area contributed by atoms with Crippen LogP contribution in [0, 0.1) is 0 Å². The molecule has 24 heavy (non-hydrogen) atoms. The van der Waals surface area contributed by atoms with Gasteiger partial charge in [-0.3, -0.25) is 0 Å². The van der Waals surface area contributed by atoms with Crippen molar-refractivity contribution in [1.29, 1.82) is 0 Å². The molecule has 0 radical (unpaired) electrons. The van der Waals surface area contributed by atoms with Crippen LogP contribution in [0.15, 0.2) is 36.5 Å². The highest BCUT2D eigenvalue weighted by atomic mass is 32.1. The molecule has 1 aromatic heterocycles. The van der Waals surface area contributed by atoms with Crippen molar-refractivity contribution in [3.8, 4) is 0 Å². The molecule has 0 bridgehead atoms. The van der Waals surface area contributed by atoms with Crippen LogP contribution >= 0.6 is 11.3 Å². The molecule has 130 valence electrons. The van der Waals surface area contributed by atoms with Crippen molar-refractivity contribution in [3.63, 3.8) is 0 Å². The molecule has 1 fully saturated rings. The minimum Gasteiger partial charge on any atom is -0.393 e. The average molecular weight is 345 g/mol. The van der Waals surface area contributed by atoms with Crippen LogP contribution in [0.2, 0.25) is 0 Å². The van der Waals surface area contributed by atoms with Crippen LogP contribution in [0.5, 0.6) is 0 Å². The Morgan fingerprint density at radius 2 is 2.00 bits per heavy atom. The lowest BCUT2D eigenvalue weighted by Gasteiger charge is -2.19. The lowest BCUT2D eigenvalue weighted by molar-refractivity contribution is 0.173. The van der Waals surface area contributed by atoms with Gasteiger partial charge < -0.3 is 10.4 Å². The van der Waals surface area contributed by atoms with Gasteiger partial charge in [-0.25, -0.2) is 4.98 Å². The molecular weight excluding hydrogens is 316 g/mol. The molecule has 3 nitrogen and oxygen atoms in total. The molecule has 1 aliphatic carbocycles. The number of thiazole rings is 1. The fraction of sp³-hybridized carbons (Fsp3) is 0.550. The molecule has 1 heterocycles. The molecule has 4 heteroatoms. The first-order valence-electron chi connectivity index (χ1n) is 9.10. The Hall–Kier alpha value is -1.23. The summed E-state index contributed by atoms with van der Waals surface area (Å²) in [5.74, 6) is 1.05. The molecule has 2 N–H and O–H groups in total. The van der Waals surface area contributed by atoms with E-state index in [-0.39, 0.29) is 6.10 Å². The Balaban J connectivity index is 1.53. The van der Waals surface area contributed by atoms with E-state index in [1.807, 2.05) is 30.5 Å². The van der Waals surface area contributed by atoms with E-state index >= 15 is 0 Å². The summed E-state index contributed by atoms with van der Waals surface area (Å²) < 4.78 is 0. The summed E-state index contributed by atoms with van der Waals surface area (Å²) in [6.07, 6.45) is 7.88. The number of nitrogens with one attached hydrogen (secondary N) is 1. The van der Waals surface area contributed by atoms with Crippen LogP contribution in [-0.2, 0) is 6.54 Å². The van der Waals surface area contributed by atoms with Gasteiger partial charge in [0.2, 0.25) is 0 Å². The predicted octanol–water partition coefficient (Wildman–Crippen LogP) is 4.45. The summed E-state index contributed by atoms with van der Waals surface area (Å²) in [7, 11) is 0. The maximum atomic E-state index is 9.79. The number of nitrogens with zero attached hydrogens (tertiary/aromatic N) is 1. The highest BCUT2D eigenvalue weighted by Gasteiger charge is 2.20. The summed E-state index contributed by atoms with van der Waals surface area (Å²) in [6, 6.07) is 10.5. The molecule has 1 aliphatic rings. The summed E-state index contributed by atoms with van der Waals surface area (Å²) in [4.78, 5) is 5.96. The van der Waals surface area contributed by atoms with E-state index in [0.29, 0.717) is 11.8 Å². The fourth-order valence-corrected chi connectivity index (χ4v) is 4.67. The Morgan fingerprint density at radius 3 is 2.71 bits per heavy atom. The smallest absolute Gasteiger partial charge is 0.0959 e. The zero-order valence-corrected chi connectivity index (χ0v) is 15.3. The summed E-state index contributed by atoms with van der Waals surface area (Å²) in [5.41, 5.74) is 1.29. The first-order valence-corrected chi connectivity index (χ1v) is 9.92. The first-order chi connectivity index (χ1) is 11.7. The molecular formula is C20H28N2OS. The first kappa shape index (κ1) is 17.6. The second kappa shape index (κ2) is 8.75. The van der Waals surface area contributed by atoms with Crippen molar-refractivity contribution < 1.29 is 5.11 Å². The van der Waals surface area contributed by atoms with Gasteiger partial charge in [-0.05, 0) is 37.7 Å². The van der Waals surface area contributed by atoms with E-state index < -0.39 is 0 Å². The predicted molar refractivity (Wildman–Crippen MR) is 101 cm³/mol. The second-order valence-corrected chi connectivity index (χ2v) is 8.12. The molecule has 3 rings (SSSR count). The van der Waals surface area contributed by atoms with Crippen molar-refractivity contribution in [3.05, 3.63) is 52.0 Å². The Kier molecular flexibility index (Phi) is 6.41. The minimum atomic E-state index is -0.283. The number of benzene rings is 1. The molecule has 2 aromatic rings. The van der Waals surface area contributed by atoms with Crippen LogP contribution in [0.1, 0.15) is 66.3 Å². The molecule has 1 aromatic carbocycles. The van der Waals surface area contributed by atoms with Crippen LogP contribution in [-0.4, -0.2) is 22.7 Å². The molecule has 1 saturated carbocycles. The number of aliphatic hydroxyl groups is 1. The quantitative estimate of drug-likeness (QED) is 0.744. The molecule has 2 unspecified atom stereocenters. The van der Waals surface area contributed by atoms with E-state index in [9.17, 15) is 5.11 Å². The summed E-state index contributed by atoms with van der Waals surface area (Å²) in [6.45, 7) is 3.62. The maximum absolute atomic E-state index is 9.79. The monoisotopic (exact) mass is 344 g/mol. The maximum Gasteiger partial charge on any atom is 0.0959 e. The standard InChI is InChI=1S/C20H28N2OS/c1-15(23)11-18(16-7-3-2-4-8-16)12-21-13-19-14-22-20(24-19)17-9-5-6-10-17/h2-4,7-8,14-15,17-18,21,23H,5-6,9-13H2,1H3. The number of aromatic nitrogens is 1. The third kappa shape index (κ3) is 4.88. The molecule has 0 saturated heterocycles. The van der Waals surface area contributed by atoms with Gasteiger partial charge in [0.1, 0.15) is 0 Å². The lowest BCUT2D eigenvalue weighted by atomic mass is 9.93. The van der Waals surface area contributed by atoms with Crippen LogP contribution < -0.4 is 5.32 Å². The topological polar surface area (TPSA) is 45.1 Å². The Bertz CT molecular complexity index is 605. The summed E-state index contributed by atoms with van der Waals surface area (Å²) >= 11 is 1.87. The van der Waals surface area contributed by atoms with E-state index in [2.05, 4.69) is 34.6 Å². The fourth-order valence-electron chi connectivity index (χ4n) is 3.61. The Labute approximate surface area is 149 Å². The van der Waals surface area contributed by atoms with Gasteiger partial charge in [0.25, 0.3) is 0 Å². The molecule has 0 amide bonds.